The van der Waals surface area contributed by atoms with E-state index in [0.717, 1.165) is 12.8 Å². The second kappa shape index (κ2) is 10.6. The Kier molecular flexibility index (Phi) is 7.74. The fourth-order valence-corrected chi connectivity index (χ4v) is 10.3. The molecule has 2 bridgehead atoms. The largest absolute Gasteiger partial charge is 0.491 e. The zero-order valence-electron chi connectivity index (χ0n) is 24.4. The summed E-state index contributed by atoms with van der Waals surface area (Å²) in [4.78, 5) is 0. The van der Waals surface area contributed by atoms with Crippen molar-refractivity contribution in [2.75, 3.05) is 19.0 Å². The van der Waals surface area contributed by atoms with Crippen molar-refractivity contribution in [3.63, 3.8) is 0 Å². The molecule has 0 aromatic heterocycles. The first-order chi connectivity index (χ1) is 18.8. The van der Waals surface area contributed by atoms with Gasteiger partial charge in [0.25, 0.3) is 0 Å². The summed E-state index contributed by atoms with van der Waals surface area (Å²) >= 11 is 0. The Bertz CT molecular complexity index is 1310. The molecule has 2 aromatic rings. The molecule has 0 amide bonds. The van der Waals surface area contributed by atoms with Gasteiger partial charge in [-0.2, -0.15) is 4.31 Å². The predicted molar refractivity (Wildman–Crippen MR) is 151 cm³/mol. The fourth-order valence-electron chi connectivity index (χ4n) is 7.51. The molecule has 220 valence electrons. The molecule has 1 spiro atoms. The van der Waals surface area contributed by atoms with Gasteiger partial charge < -0.3 is 18.9 Å². The number of rotatable bonds is 10. The number of hydrogen-bond acceptors (Lipinski definition) is 6. The fraction of sp³-hybridized carbons (Fsp3) is 0.613. The SMILES string of the molecule is CC(C)N(C(C)C)S(=O)(=O)C[C@@]12CC[C@@H](CC13OC[C@H](COc1ccc(Oc4cccc(F)c4)cc1)O3)C2(C)C. The number of benzene rings is 2. The molecule has 40 heavy (non-hydrogen) atoms. The van der Waals surface area contributed by atoms with Crippen LogP contribution in [0.1, 0.15) is 60.8 Å². The summed E-state index contributed by atoms with van der Waals surface area (Å²) in [5.74, 6) is 0.685. The summed E-state index contributed by atoms with van der Waals surface area (Å²) in [7, 11) is -3.58. The molecule has 1 saturated heterocycles. The molecular formula is C31H42FNO6S. The second-order valence-electron chi connectivity index (χ2n) is 12.7. The van der Waals surface area contributed by atoms with Gasteiger partial charge in [-0.25, -0.2) is 12.8 Å². The molecule has 2 aliphatic carbocycles. The lowest BCUT2D eigenvalue weighted by Gasteiger charge is -2.48. The molecule has 1 heterocycles. The Balaban J connectivity index is 1.27. The highest BCUT2D eigenvalue weighted by Gasteiger charge is 2.75. The third-order valence-electron chi connectivity index (χ3n) is 9.34. The predicted octanol–water partition coefficient (Wildman–Crippen LogP) is 6.38. The minimum atomic E-state index is -3.58. The smallest absolute Gasteiger partial charge is 0.215 e. The summed E-state index contributed by atoms with van der Waals surface area (Å²) in [5, 5.41) is 0. The van der Waals surface area contributed by atoms with Crippen molar-refractivity contribution in [2.24, 2.45) is 16.7 Å². The highest BCUT2D eigenvalue weighted by Crippen LogP contribution is 2.72. The van der Waals surface area contributed by atoms with Gasteiger partial charge in [0.05, 0.1) is 12.4 Å². The van der Waals surface area contributed by atoms with Gasteiger partial charge >= 0.3 is 0 Å². The van der Waals surface area contributed by atoms with Crippen molar-refractivity contribution in [1.29, 1.82) is 0 Å². The maximum absolute atomic E-state index is 13.9. The second-order valence-corrected chi connectivity index (χ2v) is 14.5. The van der Waals surface area contributed by atoms with Crippen molar-refractivity contribution in [2.45, 2.75) is 84.8 Å². The molecule has 7 nitrogen and oxygen atoms in total. The number of ether oxygens (including phenoxy) is 4. The summed E-state index contributed by atoms with van der Waals surface area (Å²) in [5.41, 5.74) is -0.886. The number of hydrogen-bond donors (Lipinski definition) is 0. The normalized spacial score (nSPS) is 29.2. The first-order valence-corrected chi connectivity index (χ1v) is 15.9. The lowest BCUT2D eigenvalue weighted by molar-refractivity contribution is -0.244. The van der Waals surface area contributed by atoms with Crippen molar-refractivity contribution in [3.8, 4) is 17.2 Å². The van der Waals surface area contributed by atoms with Gasteiger partial charge in [0.15, 0.2) is 5.79 Å². The van der Waals surface area contributed by atoms with Crippen LogP contribution in [0.3, 0.4) is 0 Å². The van der Waals surface area contributed by atoms with Crippen molar-refractivity contribution in [3.05, 3.63) is 54.3 Å². The van der Waals surface area contributed by atoms with E-state index in [1.807, 2.05) is 27.7 Å². The first-order valence-electron chi connectivity index (χ1n) is 14.3. The highest BCUT2D eigenvalue weighted by atomic mass is 32.2. The van der Waals surface area contributed by atoms with Gasteiger partial charge in [-0.05, 0) is 88.3 Å². The molecule has 2 saturated carbocycles. The molecule has 0 radical (unpaired) electrons. The Morgan fingerprint density at radius 1 is 1.02 bits per heavy atom. The minimum Gasteiger partial charge on any atom is -0.491 e. The molecular weight excluding hydrogens is 533 g/mol. The zero-order valence-corrected chi connectivity index (χ0v) is 25.2. The van der Waals surface area contributed by atoms with E-state index in [1.54, 1.807) is 40.7 Å². The quantitative estimate of drug-likeness (QED) is 0.327. The van der Waals surface area contributed by atoms with Crippen LogP contribution < -0.4 is 9.47 Å². The van der Waals surface area contributed by atoms with Crippen molar-refractivity contribution < 1.29 is 31.8 Å². The third-order valence-corrected chi connectivity index (χ3v) is 11.7. The molecule has 1 unspecified atom stereocenters. The number of fused-ring (bicyclic) bond motifs is 3. The third kappa shape index (κ3) is 5.03. The van der Waals surface area contributed by atoms with Crippen molar-refractivity contribution >= 4 is 10.0 Å². The van der Waals surface area contributed by atoms with E-state index in [4.69, 9.17) is 18.9 Å². The Morgan fingerprint density at radius 2 is 1.70 bits per heavy atom. The molecule has 0 N–H and O–H groups in total. The summed E-state index contributed by atoms with van der Waals surface area (Å²) in [6, 6.07) is 12.8. The van der Waals surface area contributed by atoms with Gasteiger partial charge in [0.1, 0.15) is 35.8 Å². The molecule has 3 aliphatic rings. The average Bonchev–Trinajstić information content (AvgIpc) is 3.42. The topological polar surface area (TPSA) is 74.3 Å². The number of sulfonamides is 1. The average molecular weight is 576 g/mol. The van der Waals surface area contributed by atoms with Gasteiger partial charge in [-0.3, -0.25) is 0 Å². The van der Waals surface area contributed by atoms with Gasteiger partial charge in [0, 0.05) is 30.0 Å². The van der Waals surface area contributed by atoms with Gasteiger partial charge in [0.2, 0.25) is 10.0 Å². The van der Waals surface area contributed by atoms with E-state index >= 15 is 0 Å². The molecule has 9 heteroatoms. The van der Waals surface area contributed by atoms with E-state index in [9.17, 15) is 12.8 Å². The Morgan fingerprint density at radius 3 is 2.33 bits per heavy atom. The Labute approximate surface area is 238 Å². The van der Waals surface area contributed by atoms with Crippen LogP contribution in [-0.2, 0) is 19.5 Å². The summed E-state index contributed by atoms with van der Waals surface area (Å²) < 4.78 is 67.8. The zero-order chi connectivity index (χ0) is 28.9. The maximum atomic E-state index is 13.9. The number of halogens is 1. The van der Waals surface area contributed by atoms with Crippen LogP contribution in [0, 0.1) is 22.6 Å². The molecule has 3 fully saturated rings. The van der Waals surface area contributed by atoms with Crippen LogP contribution in [0.2, 0.25) is 0 Å². The van der Waals surface area contributed by atoms with Crippen LogP contribution in [0.5, 0.6) is 17.2 Å². The maximum Gasteiger partial charge on any atom is 0.215 e. The summed E-state index contributed by atoms with van der Waals surface area (Å²) in [6.07, 6.45) is 2.12. The van der Waals surface area contributed by atoms with E-state index in [1.165, 1.54) is 12.1 Å². The molecule has 4 atom stereocenters. The van der Waals surface area contributed by atoms with Gasteiger partial charge in [-0.15, -0.1) is 0 Å². The van der Waals surface area contributed by atoms with E-state index < -0.39 is 21.2 Å². The molecule has 5 rings (SSSR count). The van der Waals surface area contributed by atoms with E-state index in [-0.39, 0.29) is 41.8 Å². The van der Waals surface area contributed by atoms with Gasteiger partial charge in [-0.1, -0.05) is 19.9 Å². The molecule has 1 aliphatic heterocycles. The number of nitrogens with zero attached hydrogens (tertiary/aromatic N) is 1. The van der Waals surface area contributed by atoms with Crippen LogP contribution in [0.25, 0.3) is 0 Å². The van der Waals surface area contributed by atoms with E-state index in [2.05, 4.69) is 13.8 Å². The monoisotopic (exact) mass is 575 g/mol. The lowest BCUT2D eigenvalue weighted by Crippen LogP contribution is -2.57. The van der Waals surface area contributed by atoms with Crippen LogP contribution in [0.15, 0.2) is 48.5 Å². The molecule has 2 aromatic carbocycles. The van der Waals surface area contributed by atoms with E-state index in [0.29, 0.717) is 36.2 Å². The standard InChI is InChI=1S/C31H42FNO6S/c1-21(2)33(22(3)4)40(34,35)20-30-15-14-23(29(30,5)6)17-31(30)37-19-28(39-31)18-36-25-10-12-26(13-11-25)38-27-9-7-8-24(32)16-27/h7-13,16,21-23,28H,14-15,17-20H2,1-6H3/t23-,28-,30+,31?/m0/s1. The van der Waals surface area contributed by atoms with Crippen molar-refractivity contribution in [1.82, 2.24) is 4.31 Å². The first kappa shape index (κ1) is 29.3. The van der Waals surface area contributed by atoms with Crippen LogP contribution >= 0.6 is 0 Å². The summed E-state index contributed by atoms with van der Waals surface area (Å²) in [6.45, 7) is 12.7. The van der Waals surface area contributed by atoms with Crippen LogP contribution in [0.4, 0.5) is 4.39 Å². The lowest BCUT2D eigenvalue weighted by atomic mass is 9.68. The Hall–Kier alpha value is -2.20. The highest BCUT2D eigenvalue weighted by molar-refractivity contribution is 7.89. The van der Waals surface area contributed by atoms with Crippen LogP contribution in [-0.4, -0.2) is 55.7 Å². The minimum absolute atomic E-state index is 0.0141.